The fraction of sp³-hybridized carbons (Fsp3) is 0.455. The molecule has 5 heteroatoms. The van der Waals surface area contributed by atoms with Crippen molar-refractivity contribution in [3.05, 3.63) is 16.8 Å². The van der Waals surface area contributed by atoms with E-state index in [4.69, 9.17) is 11.0 Å². The van der Waals surface area contributed by atoms with Crippen molar-refractivity contribution >= 4 is 11.7 Å². The van der Waals surface area contributed by atoms with Crippen LogP contribution in [0.2, 0.25) is 0 Å². The molecule has 16 heavy (non-hydrogen) atoms. The van der Waals surface area contributed by atoms with E-state index in [1.807, 2.05) is 13.8 Å². The third-order valence-corrected chi connectivity index (χ3v) is 2.92. The van der Waals surface area contributed by atoms with Crippen molar-refractivity contribution in [1.29, 1.82) is 5.26 Å². The van der Waals surface area contributed by atoms with E-state index in [0.717, 1.165) is 11.3 Å². The highest BCUT2D eigenvalue weighted by Crippen LogP contribution is 2.27. The van der Waals surface area contributed by atoms with Gasteiger partial charge in [-0.2, -0.15) is 5.26 Å². The van der Waals surface area contributed by atoms with Crippen LogP contribution in [0, 0.1) is 25.2 Å². The van der Waals surface area contributed by atoms with Crippen LogP contribution in [-0.2, 0) is 4.79 Å². The summed E-state index contributed by atoms with van der Waals surface area (Å²) in [5.74, 6) is 0.225. The van der Waals surface area contributed by atoms with Crippen molar-refractivity contribution in [2.45, 2.75) is 26.8 Å². The summed E-state index contributed by atoms with van der Waals surface area (Å²) in [6.07, 6.45) is 0. The van der Waals surface area contributed by atoms with E-state index in [1.54, 1.807) is 18.5 Å². The molecule has 1 aromatic heterocycles. The molecule has 0 saturated carbocycles. The van der Waals surface area contributed by atoms with Gasteiger partial charge in [0.2, 0.25) is 5.91 Å². The maximum atomic E-state index is 11.6. The van der Waals surface area contributed by atoms with Gasteiger partial charge in [0.15, 0.2) is 0 Å². The number of rotatable bonds is 2. The SMILES string of the molecule is CNC(=O)C(C)n1c(C)c(C)c(C#N)c1N. The van der Waals surface area contributed by atoms with E-state index in [0.29, 0.717) is 11.4 Å². The Bertz CT molecular complexity index is 467. The van der Waals surface area contributed by atoms with Crippen molar-refractivity contribution in [3.8, 4) is 6.07 Å². The lowest BCUT2D eigenvalue weighted by Gasteiger charge is -2.16. The number of carbonyl (C=O) groups excluding carboxylic acids is 1. The Morgan fingerprint density at radius 3 is 2.50 bits per heavy atom. The highest BCUT2D eigenvalue weighted by atomic mass is 16.2. The van der Waals surface area contributed by atoms with Gasteiger partial charge >= 0.3 is 0 Å². The molecule has 5 nitrogen and oxygen atoms in total. The average molecular weight is 220 g/mol. The predicted octanol–water partition coefficient (Wildman–Crippen LogP) is 0.866. The molecule has 0 radical (unpaired) electrons. The van der Waals surface area contributed by atoms with Crippen molar-refractivity contribution < 1.29 is 4.79 Å². The largest absolute Gasteiger partial charge is 0.384 e. The van der Waals surface area contributed by atoms with Gasteiger partial charge < -0.3 is 15.6 Å². The molecule has 0 spiro atoms. The molecule has 1 atom stereocenters. The number of nitrogen functional groups attached to an aromatic ring is 1. The van der Waals surface area contributed by atoms with Gasteiger partial charge in [-0.3, -0.25) is 4.79 Å². The smallest absolute Gasteiger partial charge is 0.242 e. The van der Waals surface area contributed by atoms with Crippen molar-refractivity contribution in [1.82, 2.24) is 9.88 Å². The van der Waals surface area contributed by atoms with Crippen LogP contribution >= 0.6 is 0 Å². The topological polar surface area (TPSA) is 83.8 Å². The fourth-order valence-electron chi connectivity index (χ4n) is 1.82. The lowest BCUT2D eigenvalue weighted by atomic mass is 10.2. The van der Waals surface area contributed by atoms with Gasteiger partial charge in [0.1, 0.15) is 17.9 Å². The number of hydrogen-bond donors (Lipinski definition) is 2. The van der Waals surface area contributed by atoms with E-state index < -0.39 is 6.04 Å². The normalized spacial score (nSPS) is 11.9. The first-order valence-electron chi connectivity index (χ1n) is 5.04. The number of nitrogens with zero attached hydrogens (tertiary/aromatic N) is 2. The van der Waals surface area contributed by atoms with Crippen molar-refractivity contribution in [2.24, 2.45) is 0 Å². The van der Waals surface area contributed by atoms with E-state index >= 15 is 0 Å². The second kappa shape index (κ2) is 4.27. The van der Waals surface area contributed by atoms with Gasteiger partial charge in [0.25, 0.3) is 0 Å². The number of carbonyl (C=O) groups is 1. The molecule has 0 aliphatic rings. The van der Waals surface area contributed by atoms with Gasteiger partial charge in [-0.1, -0.05) is 0 Å². The number of amides is 1. The Morgan fingerprint density at radius 2 is 2.12 bits per heavy atom. The molecule has 0 aromatic carbocycles. The molecule has 1 amide bonds. The van der Waals surface area contributed by atoms with E-state index in [2.05, 4.69) is 11.4 Å². The summed E-state index contributed by atoms with van der Waals surface area (Å²) in [6, 6.07) is 1.65. The molecule has 3 N–H and O–H groups in total. The summed E-state index contributed by atoms with van der Waals surface area (Å²) in [5, 5.41) is 11.5. The second-order valence-corrected chi connectivity index (χ2v) is 3.74. The summed E-state index contributed by atoms with van der Waals surface area (Å²) in [4.78, 5) is 11.6. The van der Waals surface area contributed by atoms with Crippen LogP contribution in [0.3, 0.4) is 0 Å². The van der Waals surface area contributed by atoms with Crippen LogP contribution in [-0.4, -0.2) is 17.5 Å². The Morgan fingerprint density at radius 1 is 1.56 bits per heavy atom. The van der Waals surface area contributed by atoms with E-state index in [-0.39, 0.29) is 5.91 Å². The zero-order chi connectivity index (χ0) is 12.5. The average Bonchev–Trinajstić information content (AvgIpc) is 2.48. The molecule has 86 valence electrons. The number of anilines is 1. The number of nitrogens with one attached hydrogen (secondary N) is 1. The summed E-state index contributed by atoms with van der Waals surface area (Å²) >= 11 is 0. The fourth-order valence-corrected chi connectivity index (χ4v) is 1.82. The van der Waals surface area contributed by atoms with Crippen LogP contribution < -0.4 is 11.1 Å². The Balaban J connectivity index is 3.36. The molecule has 1 aromatic rings. The van der Waals surface area contributed by atoms with Crippen LogP contribution in [0.25, 0.3) is 0 Å². The first kappa shape index (κ1) is 12.1. The minimum atomic E-state index is -0.411. The summed E-state index contributed by atoms with van der Waals surface area (Å²) in [7, 11) is 1.58. The third kappa shape index (κ3) is 1.63. The monoisotopic (exact) mass is 220 g/mol. The maximum absolute atomic E-state index is 11.6. The Kier molecular flexibility index (Phi) is 3.23. The highest BCUT2D eigenvalue weighted by Gasteiger charge is 2.22. The number of nitriles is 1. The Labute approximate surface area is 94.8 Å². The third-order valence-electron chi connectivity index (χ3n) is 2.92. The zero-order valence-corrected chi connectivity index (χ0v) is 9.96. The summed E-state index contributed by atoms with van der Waals surface area (Å²) in [6.45, 7) is 5.44. The van der Waals surface area contributed by atoms with Gasteiger partial charge in [0, 0.05) is 12.7 Å². The Hall–Kier alpha value is -1.96. The quantitative estimate of drug-likeness (QED) is 0.775. The maximum Gasteiger partial charge on any atom is 0.242 e. The van der Waals surface area contributed by atoms with Gasteiger partial charge in [-0.05, 0) is 26.3 Å². The number of nitrogens with two attached hydrogens (primary N) is 1. The highest BCUT2D eigenvalue weighted by molar-refractivity contribution is 5.80. The standard InChI is InChI=1S/C11H16N4O/c1-6-7(2)15(8(3)11(16)14-4)10(13)9(6)5-12/h8H,13H2,1-4H3,(H,14,16). The van der Waals surface area contributed by atoms with Crippen LogP contribution in [0.4, 0.5) is 5.82 Å². The molecular formula is C11H16N4O. The van der Waals surface area contributed by atoms with Crippen LogP contribution in [0.15, 0.2) is 0 Å². The number of likely N-dealkylation sites (N-methyl/N-ethyl adjacent to an activating group) is 1. The molecule has 1 rings (SSSR count). The zero-order valence-electron chi connectivity index (χ0n) is 9.96. The van der Waals surface area contributed by atoms with Crippen molar-refractivity contribution in [2.75, 3.05) is 12.8 Å². The molecule has 0 saturated heterocycles. The summed E-state index contributed by atoms with van der Waals surface area (Å²) in [5.41, 5.74) is 8.00. The van der Waals surface area contributed by atoms with Crippen LogP contribution in [0.5, 0.6) is 0 Å². The minimum absolute atomic E-state index is 0.130. The number of hydrogen-bond acceptors (Lipinski definition) is 3. The van der Waals surface area contributed by atoms with Crippen LogP contribution in [0.1, 0.15) is 29.8 Å². The molecule has 0 aliphatic heterocycles. The predicted molar refractivity (Wildman–Crippen MR) is 61.8 cm³/mol. The minimum Gasteiger partial charge on any atom is -0.384 e. The molecule has 0 aliphatic carbocycles. The summed E-state index contributed by atoms with van der Waals surface area (Å²) < 4.78 is 1.69. The second-order valence-electron chi connectivity index (χ2n) is 3.74. The molecule has 0 fully saturated rings. The lowest BCUT2D eigenvalue weighted by Crippen LogP contribution is -2.29. The van der Waals surface area contributed by atoms with E-state index in [1.165, 1.54) is 0 Å². The van der Waals surface area contributed by atoms with Gasteiger partial charge in [-0.15, -0.1) is 0 Å². The molecule has 0 bridgehead atoms. The number of aromatic nitrogens is 1. The molecule has 1 unspecified atom stereocenters. The van der Waals surface area contributed by atoms with Crippen molar-refractivity contribution in [3.63, 3.8) is 0 Å². The first-order valence-corrected chi connectivity index (χ1v) is 5.04. The van der Waals surface area contributed by atoms with Gasteiger partial charge in [-0.25, -0.2) is 0 Å². The molecular weight excluding hydrogens is 204 g/mol. The van der Waals surface area contributed by atoms with Gasteiger partial charge in [0.05, 0.1) is 5.56 Å². The first-order chi connectivity index (χ1) is 7.45. The lowest BCUT2D eigenvalue weighted by molar-refractivity contribution is -0.123. The molecule has 1 heterocycles. The van der Waals surface area contributed by atoms with E-state index in [9.17, 15) is 4.79 Å².